The number of halogens is 3. The summed E-state index contributed by atoms with van der Waals surface area (Å²) in [4.78, 5) is 17.3. The fraction of sp³-hybridized carbons (Fsp3) is 0.130. The fourth-order valence-electron chi connectivity index (χ4n) is 3.25. The number of benzene rings is 2. The van der Waals surface area contributed by atoms with Gasteiger partial charge in [-0.05, 0) is 25.1 Å². The SMILES string of the molecule is CC1=NN(c2ccccc2)C(=O)[C@H]1Sc1nc(-c2ccccc2)cc(C(F)(F)F)c1C#N. The molecule has 0 radical (unpaired) electrons. The molecule has 5 nitrogen and oxygen atoms in total. The van der Waals surface area contributed by atoms with Crippen molar-refractivity contribution in [3.63, 3.8) is 0 Å². The van der Waals surface area contributed by atoms with Crippen LogP contribution in [0.15, 0.2) is 76.9 Å². The monoisotopic (exact) mass is 452 g/mol. The van der Waals surface area contributed by atoms with Gasteiger partial charge in [0.15, 0.2) is 0 Å². The number of hydrogen-bond acceptors (Lipinski definition) is 5. The summed E-state index contributed by atoms with van der Waals surface area (Å²) in [7, 11) is 0. The molecule has 0 fully saturated rings. The van der Waals surface area contributed by atoms with Crippen molar-refractivity contribution < 1.29 is 18.0 Å². The molecule has 9 heteroatoms. The number of aromatic nitrogens is 1. The van der Waals surface area contributed by atoms with Crippen LogP contribution in [0.4, 0.5) is 18.9 Å². The molecule has 1 amide bonds. The van der Waals surface area contributed by atoms with Crippen molar-refractivity contribution in [2.75, 3.05) is 5.01 Å². The summed E-state index contributed by atoms with van der Waals surface area (Å²) in [6.07, 6.45) is -4.76. The zero-order chi connectivity index (χ0) is 22.9. The van der Waals surface area contributed by atoms with Crippen molar-refractivity contribution in [3.05, 3.63) is 77.9 Å². The van der Waals surface area contributed by atoms with E-state index in [1.54, 1.807) is 73.7 Å². The van der Waals surface area contributed by atoms with Gasteiger partial charge in [-0.15, -0.1) is 0 Å². The molecule has 0 aliphatic carbocycles. The third-order valence-electron chi connectivity index (χ3n) is 4.77. The van der Waals surface area contributed by atoms with Crippen LogP contribution in [0, 0.1) is 11.3 Å². The molecular weight excluding hydrogens is 437 g/mol. The first-order valence-electron chi connectivity index (χ1n) is 9.48. The molecule has 0 spiro atoms. The molecule has 0 N–H and O–H groups in total. The lowest BCUT2D eigenvalue weighted by Crippen LogP contribution is -2.29. The quantitative estimate of drug-likeness (QED) is 0.523. The standard InChI is InChI=1S/C23H15F3N4OS/c1-14-20(22(31)30(29-14)16-10-6-3-7-11-16)32-21-17(13-27)18(23(24,25)26)12-19(28-21)15-8-4-2-5-9-15/h2-12,20H,1H3/t20-/m0/s1. The molecule has 32 heavy (non-hydrogen) atoms. The fourth-order valence-corrected chi connectivity index (χ4v) is 4.31. The summed E-state index contributed by atoms with van der Waals surface area (Å²) in [5, 5.41) is 14.0. The van der Waals surface area contributed by atoms with Crippen LogP contribution in [0.5, 0.6) is 0 Å². The average Bonchev–Trinajstić information content (AvgIpc) is 3.07. The molecule has 3 aromatic rings. The van der Waals surface area contributed by atoms with E-state index in [2.05, 4.69) is 10.1 Å². The first kappa shape index (κ1) is 21.6. The zero-order valence-electron chi connectivity index (χ0n) is 16.7. The van der Waals surface area contributed by atoms with Gasteiger partial charge < -0.3 is 0 Å². The predicted molar refractivity (Wildman–Crippen MR) is 116 cm³/mol. The van der Waals surface area contributed by atoms with Crippen LogP contribution >= 0.6 is 11.8 Å². The Hall–Kier alpha value is -3.64. The van der Waals surface area contributed by atoms with Gasteiger partial charge in [-0.25, -0.2) is 4.98 Å². The molecule has 0 unspecified atom stereocenters. The van der Waals surface area contributed by atoms with E-state index in [-0.39, 0.29) is 10.7 Å². The maximum Gasteiger partial charge on any atom is 0.417 e. The van der Waals surface area contributed by atoms with Crippen LogP contribution < -0.4 is 5.01 Å². The van der Waals surface area contributed by atoms with E-state index in [1.807, 2.05) is 0 Å². The number of anilines is 1. The number of hydrogen-bond donors (Lipinski definition) is 0. The molecule has 0 saturated heterocycles. The highest BCUT2D eigenvalue weighted by Crippen LogP contribution is 2.40. The second-order valence-electron chi connectivity index (χ2n) is 6.94. The highest BCUT2D eigenvalue weighted by Gasteiger charge is 2.39. The van der Waals surface area contributed by atoms with Gasteiger partial charge in [-0.1, -0.05) is 60.3 Å². The summed E-state index contributed by atoms with van der Waals surface area (Å²) >= 11 is 0.801. The van der Waals surface area contributed by atoms with Gasteiger partial charge in [0.25, 0.3) is 5.91 Å². The highest BCUT2D eigenvalue weighted by atomic mass is 32.2. The second kappa shape index (κ2) is 8.48. The van der Waals surface area contributed by atoms with Gasteiger partial charge in [0.2, 0.25) is 0 Å². The van der Waals surface area contributed by atoms with Gasteiger partial charge in [0.1, 0.15) is 16.3 Å². The molecular formula is C23H15F3N4OS. The van der Waals surface area contributed by atoms with Crippen LogP contribution in [-0.4, -0.2) is 21.9 Å². The topological polar surface area (TPSA) is 69.3 Å². The van der Waals surface area contributed by atoms with E-state index in [0.717, 1.165) is 17.8 Å². The Kier molecular flexibility index (Phi) is 5.72. The number of alkyl halides is 3. The molecule has 2 aromatic carbocycles. The van der Waals surface area contributed by atoms with Gasteiger partial charge in [-0.2, -0.15) is 28.5 Å². The Morgan fingerprint density at radius 3 is 2.28 bits per heavy atom. The smallest absolute Gasteiger partial charge is 0.271 e. The van der Waals surface area contributed by atoms with E-state index in [0.29, 0.717) is 17.0 Å². The Morgan fingerprint density at radius 2 is 1.69 bits per heavy atom. The van der Waals surface area contributed by atoms with Crippen LogP contribution in [0.25, 0.3) is 11.3 Å². The van der Waals surface area contributed by atoms with E-state index in [4.69, 9.17) is 0 Å². The van der Waals surface area contributed by atoms with Crippen molar-refractivity contribution in [1.29, 1.82) is 5.26 Å². The lowest BCUT2D eigenvalue weighted by Gasteiger charge is -2.17. The minimum atomic E-state index is -4.76. The molecule has 1 aromatic heterocycles. The van der Waals surface area contributed by atoms with Gasteiger partial charge in [0, 0.05) is 5.56 Å². The van der Waals surface area contributed by atoms with Crippen LogP contribution in [0.3, 0.4) is 0 Å². The number of thioether (sulfide) groups is 1. The van der Waals surface area contributed by atoms with E-state index < -0.39 is 28.5 Å². The van der Waals surface area contributed by atoms with Gasteiger partial charge in [-0.3, -0.25) is 4.79 Å². The van der Waals surface area contributed by atoms with E-state index in [9.17, 15) is 23.2 Å². The number of carbonyl (C=O) groups excluding carboxylic acids is 1. The summed E-state index contributed by atoms with van der Waals surface area (Å²) in [6.45, 7) is 1.62. The molecule has 4 rings (SSSR count). The average molecular weight is 452 g/mol. The summed E-state index contributed by atoms with van der Waals surface area (Å²) in [5.74, 6) is -0.414. The third-order valence-corrected chi connectivity index (χ3v) is 6.07. The van der Waals surface area contributed by atoms with Crippen molar-refractivity contribution in [2.24, 2.45) is 5.10 Å². The number of rotatable bonds is 4. The predicted octanol–water partition coefficient (Wildman–Crippen LogP) is 5.52. The van der Waals surface area contributed by atoms with Crippen LogP contribution in [0.2, 0.25) is 0 Å². The first-order valence-corrected chi connectivity index (χ1v) is 10.4. The van der Waals surface area contributed by atoms with Crippen molar-refractivity contribution >= 4 is 29.1 Å². The third kappa shape index (κ3) is 4.09. The van der Waals surface area contributed by atoms with Gasteiger partial charge in [0.05, 0.1) is 28.2 Å². The summed E-state index contributed by atoms with van der Waals surface area (Å²) < 4.78 is 41.3. The van der Waals surface area contributed by atoms with Crippen LogP contribution in [-0.2, 0) is 11.0 Å². The number of nitriles is 1. The first-order chi connectivity index (χ1) is 15.3. The molecule has 0 saturated carbocycles. The number of carbonyl (C=O) groups is 1. The van der Waals surface area contributed by atoms with E-state index >= 15 is 0 Å². The number of nitrogens with zero attached hydrogens (tertiary/aromatic N) is 4. The number of amides is 1. The Labute approximate surface area is 186 Å². The highest BCUT2D eigenvalue weighted by molar-refractivity contribution is 8.01. The largest absolute Gasteiger partial charge is 0.417 e. The molecule has 0 bridgehead atoms. The van der Waals surface area contributed by atoms with Crippen LogP contribution in [0.1, 0.15) is 18.1 Å². The number of pyridine rings is 1. The van der Waals surface area contributed by atoms with Gasteiger partial charge >= 0.3 is 6.18 Å². The Morgan fingerprint density at radius 1 is 1.06 bits per heavy atom. The maximum absolute atomic E-state index is 13.8. The molecule has 1 aliphatic heterocycles. The Bertz CT molecular complexity index is 1240. The van der Waals surface area contributed by atoms with Crippen molar-refractivity contribution in [2.45, 2.75) is 23.4 Å². The molecule has 1 aliphatic rings. The molecule has 2 heterocycles. The Balaban J connectivity index is 1.77. The second-order valence-corrected chi connectivity index (χ2v) is 8.03. The zero-order valence-corrected chi connectivity index (χ0v) is 17.5. The van der Waals surface area contributed by atoms with E-state index in [1.165, 1.54) is 5.01 Å². The number of para-hydroxylation sites is 1. The minimum absolute atomic E-state index is 0.0689. The lowest BCUT2D eigenvalue weighted by atomic mass is 10.1. The molecule has 160 valence electrons. The van der Waals surface area contributed by atoms with Crippen molar-refractivity contribution in [1.82, 2.24) is 4.98 Å². The summed E-state index contributed by atoms with van der Waals surface area (Å²) in [5.41, 5.74) is -0.203. The normalized spacial score (nSPS) is 16.1. The maximum atomic E-state index is 13.8. The number of hydrazone groups is 1. The minimum Gasteiger partial charge on any atom is -0.271 e. The molecule has 1 atom stereocenters. The summed E-state index contributed by atoms with van der Waals surface area (Å²) in [6, 6.07) is 19.6. The lowest BCUT2D eigenvalue weighted by molar-refractivity contribution is -0.138. The van der Waals surface area contributed by atoms with Crippen molar-refractivity contribution in [3.8, 4) is 17.3 Å².